The van der Waals surface area contributed by atoms with Crippen LogP contribution in [0.25, 0.3) is 0 Å². The van der Waals surface area contributed by atoms with Crippen LogP contribution >= 0.6 is 0 Å². The Hall–Kier alpha value is -2.86. The molecule has 0 amide bonds. The van der Waals surface area contributed by atoms with E-state index in [0.29, 0.717) is 24.2 Å². The van der Waals surface area contributed by atoms with E-state index >= 15 is 0 Å². The molecular weight excluding hydrogens is 518 g/mol. The van der Waals surface area contributed by atoms with Gasteiger partial charge in [0.05, 0.1) is 12.3 Å². The largest absolute Gasteiger partial charge is 0.395 e. The average Bonchev–Trinajstić information content (AvgIpc) is 3.77. The summed E-state index contributed by atoms with van der Waals surface area (Å²) < 4.78 is 0. The number of aliphatic hydroxyl groups is 1. The van der Waals surface area contributed by atoms with Gasteiger partial charge in [0, 0.05) is 61.1 Å². The van der Waals surface area contributed by atoms with E-state index in [0.717, 1.165) is 67.4 Å². The summed E-state index contributed by atoms with van der Waals surface area (Å²) in [6, 6.07) is 0. The molecule has 2 fully saturated rings. The van der Waals surface area contributed by atoms with Crippen LogP contribution in [0.3, 0.4) is 0 Å². The molecule has 2 aliphatic carbocycles. The Labute approximate surface area is 255 Å². The van der Waals surface area contributed by atoms with Crippen LogP contribution in [-0.2, 0) is 0 Å². The lowest BCUT2D eigenvalue weighted by molar-refractivity contribution is 0.170. The molecule has 0 saturated heterocycles. The molecule has 2 heterocycles. The molecule has 0 radical (unpaired) electrons. The van der Waals surface area contributed by atoms with Crippen molar-refractivity contribution in [3.05, 3.63) is 70.4 Å². The van der Waals surface area contributed by atoms with Crippen LogP contribution in [0.4, 0.5) is 0 Å². The Balaban J connectivity index is 1.37. The van der Waals surface area contributed by atoms with Gasteiger partial charge < -0.3 is 20.2 Å². The van der Waals surface area contributed by atoms with E-state index in [1.807, 2.05) is 13.1 Å². The zero-order chi connectivity index (χ0) is 30.1. The molecule has 0 unspecified atom stereocenters. The van der Waals surface area contributed by atoms with Gasteiger partial charge >= 0.3 is 0 Å². The maximum atomic E-state index is 9.42. The molecule has 2 saturated carbocycles. The van der Waals surface area contributed by atoms with Crippen molar-refractivity contribution in [1.29, 1.82) is 5.41 Å². The van der Waals surface area contributed by atoms with Gasteiger partial charge in [-0.05, 0) is 107 Å². The van der Waals surface area contributed by atoms with Gasteiger partial charge in [0.25, 0.3) is 0 Å². The molecule has 0 bridgehead atoms. The Morgan fingerprint density at radius 2 is 2.05 bits per heavy atom. The van der Waals surface area contributed by atoms with Gasteiger partial charge in [-0.2, -0.15) is 0 Å². The van der Waals surface area contributed by atoms with Crippen LogP contribution in [0.2, 0.25) is 0 Å². The normalized spacial score (nSPS) is 28.2. The van der Waals surface area contributed by atoms with Crippen LogP contribution in [0.15, 0.2) is 75.4 Å². The quantitative estimate of drug-likeness (QED) is 0.201. The van der Waals surface area contributed by atoms with E-state index in [9.17, 15) is 5.11 Å². The lowest BCUT2D eigenvalue weighted by Crippen LogP contribution is -2.33. The molecule has 42 heavy (non-hydrogen) atoms. The molecule has 4 rings (SSSR count). The molecule has 0 aromatic rings. The molecule has 2 aliphatic heterocycles. The van der Waals surface area contributed by atoms with Crippen molar-refractivity contribution in [2.45, 2.75) is 91.9 Å². The van der Waals surface area contributed by atoms with E-state index in [-0.39, 0.29) is 6.61 Å². The first-order valence-corrected chi connectivity index (χ1v) is 16.5. The number of aliphatic imine (C=N–C) groups is 1. The predicted molar refractivity (Wildman–Crippen MR) is 177 cm³/mol. The number of nitrogens with one attached hydrogen (secondary N) is 2. The van der Waals surface area contributed by atoms with E-state index in [2.05, 4.69) is 66.9 Å². The second-order valence-electron chi connectivity index (χ2n) is 12.8. The average molecular weight is 574 g/mol. The highest BCUT2D eigenvalue weighted by molar-refractivity contribution is 6.05. The second kappa shape index (κ2) is 15.6. The highest BCUT2D eigenvalue weighted by Gasteiger charge is 2.30. The fourth-order valence-electron chi connectivity index (χ4n) is 6.74. The smallest absolute Gasteiger partial charge is 0.132 e. The number of rotatable bonds is 14. The summed E-state index contributed by atoms with van der Waals surface area (Å²) in [6.45, 7) is 16.4. The molecule has 2 atom stereocenters. The van der Waals surface area contributed by atoms with Crippen molar-refractivity contribution in [3.63, 3.8) is 0 Å². The Morgan fingerprint density at radius 3 is 2.74 bits per heavy atom. The molecule has 0 aromatic carbocycles. The van der Waals surface area contributed by atoms with Gasteiger partial charge in [0.2, 0.25) is 0 Å². The highest BCUT2D eigenvalue weighted by Crippen LogP contribution is 2.40. The van der Waals surface area contributed by atoms with Gasteiger partial charge in [-0.15, -0.1) is 0 Å². The Kier molecular flexibility index (Phi) is 11.9. The minimum Gasteiger partial charge on any atom is -0.395 e. The Morgan fingerprint density at radius 1 is 1.26 bits per heavy atom. The molecule has 6 heteroatoms. The summed E-state index contributed by atoms with van der Waals surface area (Å²) in [7, 11) is 0. The van der Waals surface area contributed by atoms with Gasteiger partial charge in [0.1, 0.15) is 5.84 Å². The monoisotopic (exact) mass is 573 g/mol. The van der Waals surface area contributed by atoms with Crippen molar-refractivity contribution in [1.82, 2.24) is 15.1 Å². The molecule has 3 N–H and O–H groups in total. The lowest BCUT2D eigenvalue weighted by Gasteiger charge is -2.34. The molecule has 0 spiro atoms. The number of aliphatic hydroxyl groups excluding tert-OH is 1. The maximum absolute atomic E-state index is 9.42. The van der Waals surface area contributed by atoms with E-state index < -0.39 is 0 Å². The third-order valence-electron chi connectivity index (χ3n) is 9.33. The minimum absolute atomic E-state index is 0.190. The van der Waals surface area contributed by atoms with Gasteiger partial charge in [0.15, 0.2) is 0 Å². The zero-order valence-electron chi connectivity index (χ0n) is 26.7. The molecule has 0 aromatic heterocycles. The summed E-state index contributed by atoms with van der Waals surface area (Å²) in [4.78, 5) is 9.33. The topological polar surface area (TPSA) is 75.0 Å². The number of amidine groups is 1. The van der Waals surface area contributed by atoms with Crippen LogP contribution in [0, 0.1) is 23.2 Å². The minimum atomic E-state index is 0.190. The fraction of sp³-hybridized carbons (Fsp3) is 0.611. The van der Waals surface area contributed by atoms with Crippen LogP contribution in [0.5, 0.6) is 0 Å². The highest BCUT2D eigenvalue weighted by atomic mass is 16.3. The van der Waals surface area contributed by atoms with Crippen molar-refractivity contribution >= 4 is 12.1 Å². The zero-order valence-corrected chi connectivity index (χ0v) is 26.7. The van der Waals surface area contributed by atoms with E-state index in [4.69, 9.17) is 10.4 Å². The standard InChI is InChI=1S/C36H55N5O/c1-6-18-41-25-33(32(36(41)37)22-30(7-2)31-14-15-31)35-13-9-12-34(27(5)23-39-35)38-17-16-28-10-8-11-29(21-28)24-40(19-20-42)26(3)4/h7,13,22-23,25,28-29,31,37-38,42H,3,6,8-12,14-21,24H2,1-2,4-5H3/b30-7+,32-22-,34-27+,35-13-,37-36?,39-23-/t28-,29-/m1/s1. The molecule has 6 nitrogen and oxygen atoms in total. The van der Waals surface area contributed by atoms with Gasteiger partial charge in [-0.25, -0.2) is 0 Å². The summed E-state index contributed by atoms with van der Waals surface area (Å²) in [5.74, 6) is 2.70. The SMILES string of the molecule is C=C(C)N(CCO)C[C@@H]1CCC[C@H](CCN/C2=C(C)/C=N\C(C3=CN(CCC)C(=N)/C3=C\C(=C/C)C3CC3)=C/CC2)C1. The van der Waals surface area contributed by atoms with Crippen molar-refractivity contribution < 1.29 is 5.11 Å². The number of allylic oxidation sites excluding steroid dienone is 8. The third kappa shape index (κ3) is 8.59. The maximum Gasteiger partial charge on any atom is 0.132 e. The van der Waals surface area contributed by atoms with Crippen molar-refractivity contribution in [3.8, 4) is 0 Å². The van der Waals surface area contributed by atoms with Crippen LogP contribution in [-0.4, -0.2) is 59.7 Å². The summed E-state index contributed by atoms with van der Waals surface area (Å²) in [5, 5.41) is 22.1. The molecule has 230 valence electrons. The lowest BCUT2D eigenvalue weighted by atomic mass is 9.79. The molecular formula is C36H55N5O. The number of nitrogens with zero attached hydrogens (tertiary/aromatic N) is 3. The third-order valence-corrected chi connectivity index (χ3v) is 9.33. The second-order valence-corrected chi connectivity index (χ2v) is 12.8. The van der Waals surface area contributed by atoms with Crippen molar-refractivity contribution in [2.75, 3.05) is 32.8 Å². The fourth-order valence-corrected chi connectivity index (χ4v) is 6.74. The predicted octanol–water partition coefficient (Wildman–Crippen LogP) is 7.49. The molecule has 4 aliphatic rings. The first-order valence-electron chi connectivity index (χ1n) is 16.5. The summed E-state index contributed by atoms with van der Waals surface area (Å²) >= 11 is 0. The first kappa shape index (κ1) is 32.1. The van der Waals surface area contributed by atoms with E-state index in [1.165, 1.54) is 61.8 Å². The van der Waals surface area contributed by atoms with Crippen LogP contribution < -0.4 is 5.32 Å². The number of hydrogen-bond donors (Lipinski definition) is 3. The van der Waals surface area contributed by atoms with Crippen LogP contribution in [0.1, 0.15) is 91.9 Å². The Bertz CT molecular complexity index is 1170. The first-order chi connectivity index (χ1) is 20.3. The van der Waals surface area contributed by atoms with Gasteiger partial charge in [-0.1, -0.05) is 38.5 Å². The summed E-state index contributed by atoms with van der Waals surface area (Å²) in [6.07, 6.45) is 22.7. The van der Waals surface area contributed by atoms with Crippen molar-refractivity contribution in [2.24, 2.45) is 22.7 Å². The van der Waals surface area contributed by atoms with Gasteiger partial charge in [-0.3, -0.25) is 10.4 Å². The number of hydrogen-bond acceptors (Lipinski definition) is 5. The summed E-state index contributed by atoms with van der Waals surface area (Å²) in [5.41, 5.74) is 8.03. The van der Waals surface area contributed by atoms with E-state index in [1.54, 1.807) is 0 Å².